The Balaban J connectivity index is 1.51. The van der Waals surface area contributed by atoms with E-state index in [9.17, 15) is 14.9 Å². The highest BCUT2D eigenvalue weighted by Gasteiger charge is 2.24. The van der Waals surface area contributed by atoms with E-state index in [0.717, 1.165) is 21.4 Å². The largest absolute Gasteiger partial charge is 0.457 e. The van der Waals surface area contributed by atoms with Crippen LogP contribution in [0.25, 0.3) is 10.8 Å². The fraction of sp³-hybridized carbons (Fsp3) is 0.200. The first-order chi connectivity index (χ1) is 13.1. The van der Waals surface area contributed by atoms with Crippen LogP contribution in [0.2, 0.25) is 0 Å². The van der Waals surface area contributed by atoms with Crippen molar-refractivity contribution in [3.63, 3.8) is 0 Å². The second kappa shape index (κ2) is 8.80. The number of nitriles is 1. The first kappa shape index (κ1) is 19.1. The fourth-order valence-corrected chi connectivity index (χ4v) is 4.05. The third kappa shape index (κ3) is 4.94. The van der Waals surface area contributed by atoms with Crippen LogP contribution >= 0.6 is 23.1 Å². The topological polar surface area (TPSA) is 80.0 Å². The summed E-state index contributed by atoms with van der Waals surface area (Å²) in [7, 11) is 0. The number of esters is 1. The van der Waals surface area contributed by atoms with Crippen molar-refractivity contribution in [1.29, 1.82) is 5.26 Å². The molecule has 0 saturated heterocycles. The number of fused-ring (bicyclic) bond motifs is 1. The number of ether oxygens (including phenoxy) is 1. The van der Waals surface area contributed by atoms with Crippen LogP contribution in [0.5, 0.6) is 0 Å². The molecule has 0 amide bonds. The predicted octanol–water partition coefficient (Wildman–Crippen LogP) is 4.12. The summed E-state index contributed by atoms with van der Waals surface area (Å²) in [6.45, 7) is 1.37. The zero-order valence-corrected chi connectivity index (χ0v) is 16.2. The van der Waals surface area contributed by atoms with Crippen molar-refractivity contribution in [3.8, 4) is 6.07 Å². The third-order valence-electron chi connectivity index (χ3n) is 3.79. The van der Waals surface area contributed by atoms with E-state index in [-0.39, 0.29) is 5.75 Å². The lowest BCUT2D eigenvalue weighted by Crippen LogP contribution is -2.20. The number of rotatable bonds is 7. The maximum absolute atomic E-state index is 12.2. The highest BCUT2D eigenvalue weighted by Crippen LogP contribution is 2.24. The summed E-state index contributed by atoms with van der Waals surface area (Å²) in [6.07, 6.45) is 0. The first-order valence-corrected chi connectivity index (χ1v) is 10.0. The van der Waals surface area contributed by atoms with Gasteiger partial charge in [-0.1, -0.05) is 30.3 Å². The zero-order valence-electron chi connectivity index (χ0n) is 14.5. The molecule has 27 heavy (non-hydrogen) atoms. The van der Waals surface area contributed by atoms with Gasteiger partial charge in [-0.2, -0.15) is 5.26 Å². The van der Waals surface area contributed by atoms with Crippen LogP contribution in [0.1, 0.15) is 16.6 Å². The molecule has 0 aliphatic heterocycles. The van der Waals surface area contributed by atoms with Crippen LogP contribution in [0.3, 0.4) is 0 Å². The van der Waals surface area contributed by atoms with Gasteiger partial charge in [0, 0.05) is 16.0 Å². The predicted molar refractivity (Wildman–Crippen MR) is 106 cm³/mol. The van der Waals surface area contributed by atoms with Gasteiger partial charge in [-0.25, -0.2) is 4.98 Å². The maximum atomic E-state index is 12.2. The van der Waals surface area contributed by atoms with Crippen molar-refractivity contribution in [2.24, 2.45) is 0 Å². The number of hydrogen-bond donors (Lipinski definition) is 0. The van der Waals surface area contributed by atoms with E-state index in [1.165, 1.54) is 23.1 Å². The molecule has 0 bridgehead atoms. The molecule has 1 heterocycles. The molecule has 0 N–H and O–H groups in total. The molecule has 7 heteroatoms. The molecule has 0 saturated carbocycles. The molecule has 1 atom stereocenters. The van der Waals surface area contributed by atoms with Crippen LogP contribution in [0.4, 0.5) is 0 Å². The van der Waals surface area contributed by atoms with Gasteiger partial charge < -0.3 is 4.74 Å². The molecule has 0 aliphatic carbocycles. The molecule has 0 spiro atoms. The smallest absolute Gasteiger partial charge is 0.316 e. The van der Waals surface area contributed by atoms with Crippen LogP contribution < -0.4 is 0 Å². The van der Waals surface area contributed by atoms with Crippen molar-refractivity contribution in [3.05, 3.63) is 58.5 Å². The summed E-state index contributed by atoms with van der Waals surface area (Å²) >= 11 is 2.60. The van der Waals surface area contributed by atoms with Gasteiger partial charge in [0.1, 0.15) is 5.01 Å². The van der Waals surface area contributed by atoms with Gasteiger partial charge in [-0.05, 0) is 29.8 Å². The Kier molecular flexibility index (Phi) is 6.22. The van der Waals surface area contributed by atoms with Crippen molar-refractivity contribution in [2.45, 2.75) is 17.7 Å². The standard InChI is InChI=1S/C20H16N2O3S2/c1-13-11-27-20(22-13)17(9-21)18(23)10-25-19(24)12-26-16-7-6-14-4-2-3-5-15(14)8-16/h2-8,11,17H,10,12H2,1H3/t17-/m1/s1. The quantitative estimate of drug-likeness (QED) is 0.441. The number of benzene rings is 2. The average molecular weight is 396 g/mol. The lowest BCUT2D eigenvalue weighted by atomic mass is 10.1. The van der Waals surface area contributed by atoms with Gasteiger partial charge in [0.25, 0.3) is 0 Å². The van der Waals surface area contributed by atoms with Gasteiger partial charge in [-0.3, -0.25) is 9.59 Å². The molecular formula is C20H16N2O3S2. The molecule has 0 aliphatic rings. The summed E-state index contributed by atoms with van der Waals surface area (Å²) in [5.41, 5.74) is 0.756. The van der Waals surface area contributed by atoms with E-state index in [2.05, 4.69) is 4.98 Å². The van der Waals surface area contributed by atoms with Crippen molar-refractivity contribution in [1.82, 2.24) is 4.98 Å². The van der Waals surface area contributed by atoms with Crippen LogP contribution in [-0.2, 0) is 14.3 Å². The van der Waals surface area contributed by atoms with Crippen molar-refractivity contribution >= 4 is 45.6 Å². The minimum atomic E-state index is -0.996. The Bertz CT molecular complexity index is 1020. The summed E-state index contributed by atoms with van der Waals surface area (Å²) in [5.74, 6) is -1.85. The van der Waals surface area contributed by atoms with Gasteiger partial charge in [0.05, 0.1) is 11.8 Å². The van der Waals surface area contributed by atoms with Crippen LogP contribution in [-0.4, -0.2) is 29.1 Å². The van der Waals surface area contributed by atoms with E-state index in [0.29, 0.717) is 5.01 Å². The number of carbonyl (C=O) groups excluding carboxylic acids is 2. The molecule has 1 aromatic heterocycles. The van der Waals surface area contributed by atoms with Crippen molar-refractivity contribution < 1.29 is 14.3 Å². The van der Waals surface area contributed by atoms with Crippen LogP contribution in [0, 0.1) is 18.3 Å². The van der Waals surface area contributed by atoms with Gasteiger partial charge in [0.2, 0.25) is 0 Å². The number of hydrogen-bond acceptors (Lipinski definition) is 7. The van der Waals surface area contributed by atoms with E-state index >= 15 is 0 Å². The van der Waals surface area contributed by atoms with E-state index in [1.807, 2.05) is 48.5 Å². The number of aryl methyl sites for hydroxylation is 1. The maximum Gasteiger partial charge on any atom is 0.316 e. The van der Waals surface area contributed by atoms with E-state index < -0.39 is 24.3 Å². The van der Waals surface area contributed by atoms with Gasteiger partial charge >= 0.3 is 5.97 Å². The molecule has 0 radical (unpaired) electrons. The Morgan fingerprint density at radius 1 is 1.26 bits per heavy atom. The molecule has 0 unspecified atom stereocenters. The van der Waals surface area contributed by atoms with Crippen molar-refractivity contribution in [2.75, 3.05) is 12.4 Å². The summed E-state index contributed by atoms with van der Waals surface area (Å²) in [6, 6.07) is 15.9. The summed E-state index contributed by atoms with van der Waals surface area (Å²) in [4.78, 5) is 29.2. The zero-order chi connectivity index (χ0) is 19.2. The number of carbonyl (C=O) groups is 2. The number of nitrogens with zero attached hydrogens (tertiary/aromatic N) is 2. The Morgan fingerprint density at radius 3 is 2.74 bits per heavy atom. The molecule has 0 fully saturated rings. The third-order valence-corrected chi connectivity index (χ3v) is 5.78. The first-order valence-electron chi connectivity index (χ1n) is 8.18. The van der Waals surface area contributed by atoms with Gasteiger partial charge in [-0.15, -0.1) is 23.1 Å². The van der Waals surface area contributed by atoms with E-state index in [4.69, 9.17) is 4.74 Å². The van der Waals surface area contributed by atoms with Crippen LogP contribution in [0.15, 0.2) is 52.7 Å². The Hall–Kier alpha value is -2.69. The molecule has 5 nitrogen and oxygen atoms in total. The second-order valence-corrected chi connectivity index (χ2v) is 7.75. The summed E-state index contributed by atoms with van der Waals surface area (Å²) < 4.78 is 5.04. The van der Waals surface area contributed by atoms with Gasteiger partial charge in [0.15, 0.2) is 18.3 Å². The average Bonchev–Trinajstić information content (AvgIpc) is 3.11. The Labute approximate surface area is 165 Å². The molecule has 136 valence electrons. The number of ketones is 1. The number of thiazole rings is 1. The monoisotopic (exact) mass is 396 g/mol. The fourth-order valence-electron chi connectivity index (χ4n) is 2.45. The second-order valence-electron chi connectivity index (χ2n) is 5.81. The summed E-state index contributed by atoms with van der Waals surface area (Å²) in [5, 5.41) is 13.7. The highest BCUT2D eigenvalue weighted by molar-refractivity contribution is 8.00. The SMILES string of the molecule is Cc1csc([C@H](C#N)C(=O)COC(=O)CSc2ccc3ccccc3c2)n1. The minimum absolute atomic E-state index is 0.0964. The molecular weight excluding hydrogens is 380 g/mol. The highest BCUT2D eigenvalue weighted by atomic mass is 32.2. The minimum Gasteiger partial charge on any atom is -0.457 e. The molecule has 3 aromatic rings. The molecule has 3 rings (SSSR count). The number of Topliss-reactive ketones (excluding diaryl/α,β-unsaturated/α-hetero) is 1. The number of thioether (sulfide) groups is 1. The lowest BCUT2D eigenvalue weighted by Gasteiger charge is -2.07. The lowest BCUT2D eigenvalue weighted by molar-refractivity contribution is -0.145. The van der Waals surface area contributed by atoms with E-state index in [1.54, 1.807) is 12.3 Å². The number of aromatic nitrogens is 1. The normalized spacial score (nSPS) is 11.7. The molecule has 2 aromatic carbocycles. The Morgan fingerprint density at radius 2 is 2.04 bits per heavy atom.